The minimum atomic E-state index is -0.456. The summed E-state index contributed by atoms with van der Waals surface area (Å²) in [5.41, 5.74) is 4.56. The number of nitrogens with zero attached hydrogens (tertiary/aromatic N) is 1. The van der Waals surface area contributed by atoms with Gasteiger partial charge >= 0.3 is 5.97 Å². The Morgan fingerprint density at radius 1 is 0.844 bits per heavy atom. The van der Waals surface area contributed by atoms with Crippen molar-refractivity contribution in [3.63, 3.8) is 0 Å². The molecule has 0 aliphatic rings. The summed E-state index contributed by atoms with van der Waals surface area (Å²) >= 11 is 0. The molecule has 0 radical (unpaired) electrons. The highest BCUT2D eigenvalue weighted by molar-refractivity contribution is 6.04. The van der Waals surface area contributed by atoms with Crippen LogP contribution in [-0.4, -0.2) is 31.1 Å². The Hall–Kier alpha value is -4.46. The third-order valence-corrected chi connectivity index (χ3v) is 4.26. The predicted molar refractivity (Wildman–Crippen MR) is 120 cm³/mol. The maximum atomic E-state index is 12.3. The summed E-state index contributed by atoms with van der Waals surface area (Å²) in [7, 11) is 1.46. The molecule has 0 aromatic heterocycles. The van der Waals surface area contributed by atoms with Crippen LogP contribution in [0.2, 0.25) is 0 Å². The highest BCUT2D eigenvalue weighted by Crippen LogP contribution is 2.27. The Kier molecular flexibility index (Phi) is 7.32. The Bertz CT molecular complexity index is 1140. The first kappa shape index (κ1) is 22.2. The summed E-state index contributed by atoms with van der Waals surface area (Å²) in [5, 5.41) is 6.71. The van der Waals surface area contributed by atoms with E-state index in [2.05, 4.69) is 15.8 Å². The van der Waals surface area contributed by atoms with Crippen molar-refractivity contribution >= 4 is 29.7 Å². The molecule has 32 heavy (non-hydrogen) atoms. The van der Waals surface area contributed by atoms with Crippen LogP contribution in [0.4, 0.5) is 5.69 Å². The number of carbonyl (C=O) groups is 3. The lowest BCUT2D eigenvalue weighted by molar-refractivity contribution is -0.132. The van der Waals surface area contributed by atoms with Gasteiger partial charge < -0.3 is 14.8 Å². The first-order chi connectivity index (χ1) is 15.5. The normalized spacial score (nSPS) is 10.4. The Morgan fingerprint density at radius 3 is 2.19 bits per heavy atom. The van der Waals surface area contributed by atoms with E-state index in [4.69, 9.17) is 9.47 Å². The highest BCUT2D eigenvalue weighted by Gasteiger charge is 2.09. The molecular weight excluding hydrogens is 410 g/mol. The average Bonchev–Trinajstić information content (AvgIpc) is 2.80. The van der Waals surface area contributed by atoms with E-state index in [1.165, 1.54) is 20.2 Å². The van der Waals surface area contributed by atoms with Crippen molar-refractivity contribution < 1.29 is 23.9 Å². The molecule has 162 valence electrons. The molecule has 0 aliphatic carbocycles. The largest absolute Gasteiger partial charge is 0.493 e. The van der Waals surface area contributed by atoms with Gasteiger partial charge in [0.1, 0.15) is 0 Å². The number of amides is 2. The van der Waals surface area contributed by atoms with Gasteiger partial charge in [0.2, 0.25) is 0 Å². The molecule has 0 atom stereocenters. The second kappa shape index (κ2) is 10.5. The van der Waals surface area contributed by atoms with Crippen LogP contribution in [0, 0.1) is 0 Å². The molecule has 3 aromatic carbocycles. The molecule has 2 amide bonds. The summed E-state index contributed by atoms with van der Waals surface area (Å²) in [6.45, 7) is 1.30. The maximum Gasteiger partial charge on any atom is 0.308 e. The lowest BCUT2D eigenvalue weighted by Crippen LogP contribution is -2.18. The zero-order chi connectivity index (χ0) is 22.9. The number of anilines is 1. The molecule has 0 fully saturated rings. The molecule has 8 nitrogen and oxygen atoms in total. The van der Waals surface area contributed by atoms with Crippen molar-refractivity contribution in [2.24, 2.45) is 5.10 Å². The van der Waals surface area contributed by atoms with E-state index in [1.54, 1.807) is 66.7 Å². The van der Waals surface area contributed by atoms with Crippen LogP contribution in [0.5, 0.6) is 11.5 Å². The first-order valence-corrected chi connectivity index (χ1v) is 9.62. The van der Waals surface area contributed by atoms with Gasteiger partial charge in [0.05, 0.1) is 13.3 Å². The van der Waals surface area contributed by atoms with Crippen LogP contribution in [-0.2, 0) is 4.79 Å². The number of methoxy groups -OCH3 is 1. The maximum absolute atomic E-state index is 12.3. The molecule has 0 spiro atoms. The fourth-order valence-corrected chi connectivity index (χ4v) is 2.73. The van der Waals surface area contributed by atoms with Crippen molar-refractivity contribution in [2.75, 3.05) is 12.4 Å². The topological polar surface area (TPSA) is 106 Å². The molecular formula is C24H21N3O5. The summed E-state index contributed by atoms with van der Waals surface area (Å²) in [6.07, 6.45) is 1.44. The number of hydrogen-bond acceptors (Lipinski definition) is 6. The average molecular weight is 431 g/mol. The minimum absolute atomic E-state index is 0.234. The van der Waals surface area contributed by atoms with E-state index in [9.17, 15) is 14.4 Å². The quantitative estimate of drug-likeness (QED) is 0.257. The van der Waals surface area contributed by atoms with E-state index >= 15 is 0 Å². The van der Waals surface area contributed by atoms with Crippen LogP contribution in [0.3, 0.4) is 0 Å². The molecule has 0 heterocycles. The van der Waals surface area contributed by atoms with E-state index in [0.29, 0.717) is 33.9 Å². The van der Waals surface area contributed by atoms with Crippen LogP contribution in [0.1, 0.15) is 33.2 Å². The highest BCUT2D eigenvalue weighted by atomic mass is 16.6. The number of ether oxygens (including phenoxy) is 2. The number of benzene rings is 3. The molecule has 2 N–H and O–H groups in total. The Balaban J connectivity index is 1.58. The Labute approximate surface area is 184 Å². The van der Waals surface area contributed by atoms with Gasteiger partial charge in [-0.1, -0.05) is 18.2 Å². The molecule has 8 heteroatoms. The number of esters is 1. The molecule has 0 bridgehead atoms. The third kappa shape index (κ3) is 6.02. The van der Waals surface area contributed by atoms with Crippen molar-refractivity contribution in [2.45, 2.75) is 6.92 Å². The second-order valence-corrected chi connectivity index (χ2v) is 6.60. The van der Waals surface area contributed by atoms with Crippen LogP contribution in [0.15, 0.2) is 77.9 Å². The van der Waals surface area contributed by atoms with Gasteiger partial charge in [-0.3, -0.25) is 14.4 Å². The Morgan fingerprint density at radius 2 is 1.53 bits per heavy atom. The van der Waals surface area contributed by atoms with Crippen molar-refractivity contribution in [3.8, 4) is 11.5 Å². The fourth-order valence-electron chi connectivity index (χ4n) is 2.73. The van der Waals surface area contributed by atoms with Gasteiger partial charge in [0.15, 0.2) is 11.5 Å². The molecule has 3 rings (SSSR count). The van der Waals surface area contributed by atoms with E-state index < -0.39 is 11.9 Å². The second-order valence-electron chi connectivity index (χ2n) is 6.60. The monoisotopic (exact) mass is 431 g/mol. The standard InChI is InChI=1S/C24H21N3O5/c1-16(28)32-21-13-8-17(14-22(21)31-2)15-25-27-24(30)19-9-11-20(12-10-19)26-23(29)18-6-4-3-5-7-18/h3-15H,1-2H3,(H,26,29)(H,27,30)/b25-15+. The van der Waals surface area contributed by atoms with Crippen molar-refractivity contribution in [1.29, 1.82) is 0 Å². The van der Waals surface area contributed by atoms with Crippen LogP contribution >= 0.6 is 0 Å². The molecule has 0 unspecified atom stereocenters. The predicted octanol–water partition coefficient (Wildman–Crippen LogP) is 3.64. The van der Waals surface area contributed by atoms with E-state index in [0.717, 1.165) is 0 Å². The number of carbonyl (C=O) groups excluding carboxylic acids is 3. The van der Waals surface area contributed by atoms with E-state index in [1.807, 2.05) is 6.07 Å². The number of nitrogens with one attached hydrogen (secondary N) is 2. The summed E-state index contributed by atoms with van der Waals surface area (Å²) in [4.78, 5) is 35.6. The zero-order valence-electron chi connectivity index (χ0n) is 17.5. The molecule has 0 saturated heterocycles. The minimum Gasteiger partial charge on any atom is -0.493 e. The number of rotatable bonds is 7. The third-order valence-electron chi connectivity index (χ3n) is 4.26. The zero-order valence-corrected chi connectivity index (χ0v) is 17.5. The van der Waals surface area contributed by atoms with Gasteiger partial charge in [-0.15, -0.1) is 0 Å². The van der Waals surface area contributed by atoms with Gasteiger partial charge in [0.25, 0.3) is 11.8 Å². The SMILES string of the molecule is COc1cc(/C=N/NC(=O)c2ccc(NC(=O)c3ccccc3)cc2)ccc1OC(C)=O. The summed E-state index contributed by atoms with van der Waals surface area (Å²) in [5.74, 6) is -0.444. The summed E-state index contributed by atoms with van der Waals surface area (Å²) in [6, 6.07) is 20.1. The van der Waals surface area contributed by atoms with Crippen LogP contribution in [0.25, 0.3) is 0 Å². The van der Waals surface area contributed by atoms with Crippen LogP contribution < -0.4 is 20.2 Å². The smallest absolute Gasteiger partial charge is 0.308 e. The number of hydrogen-bond donors (Lipinski definition) is 2. The van der Waals surface area contributed by atoms with E-state index in [-0.39, 0.29) is 5.91 Å². The fraction of sp³-hybridized carbons (Fsp3) is 0.0833. The van der Waals surface area contributed by atoms with Gasteiger partial charge in [-0.05, 0) is 60.2 Å². The molecule has 0 aliphatic heterocycles. The number of hydrazone groups is 1. The molecule has 3 aromatic rings. The van der Waals surface area contributed by atoms with Gasteiger partial charge in [0, 0.05) is 23.7 Å². The lowest BCUT2D eigenvalue weighted by atomic mass is 10.1. The van der Waals surface area contributed by atoms with Gasteiger partial charge in [-0.25, -0.2) is 5.43 Å². The van der Waals surface area contributed by atoms with Gasteiger partial charge in [-0.2, -0.15) is 5.10 Å². The first-order valence-electron chi connectivity index (χ1n) is 9.62. The lowest BCUT2D eigenvalue weighted by Gasteiger charge is -2.08. The van der Waals surface area contributed by atoms with Crippen molar-refractivity contribution in [3.05, 3.63) is 89.5 Å². The van der Waals surface area contributed by atoms with Crippen molar-refractivity contribution in [1.82, 2.24) is 5.43 Å². The molecule has 0 saturated carbocycles. The summed E-state index contributed by atoms with van der Waals surface area (Å²) < 4.78 is 10.2.